The van der Waals surface area contributed by atoms with E-state index in [9.17, 15) is 0 Å². The van der Waals surface area contributed by atoms with E-state index in [4.69, 9.17) is 0 Å². The van der Waals surface area contributed by atoms with Crippen LogP contribution in [0.4, 0.5) is 0 Å². The first-order chi connectivity index (χ1) is 11.9. The van der Waals surface area contributed by atoms with Crippen molar-refractivity contribution in [2.75, 3.05) is 0 Å². The highest BCUT2D eigenvalue weighted by molar-refractivity contribution is 5.79. The molecule has 2 aliphatic carbocycles. The molecule has 0 aromatic heterocycles. The van der Waals surface area contributed by atoms with Crippen molar-refractivity contribution in [1.82, 2.24) is 0 Å². The Morgan fingerprint density at radius 3 is 1.83 bits per heavy atom. The highest BCUT2D eigenvalue weighted by Crippen LogP contribution is 2.32. The van der Waals surface area contributed by atoms with Gasteiger partial charge in [0.1, 0.15) is 0 Å². The van der Waals surface area contributed by atoms with Gasteiger partial charge in [-0.1, -0.05) is 93.6 Å². The second-order valence-corrected chi connectivity index (χ2v) is 6.78. The first-order valence-corrected chi connectivity index (χ1v) is 9.45. The predicted octanol–water partition coefficient (Wildman–Crippen LogP) is 7.36. The molecular formula is C24H28. The van der Waals surface area contributed by atoms with Gasteiger partial charge in [-0.05, 0) is 52.8 Å². The van der Waals surface area contributed by atoms with Crippen LogP contribution in [0.1, 0.15) is 51.0 Å². The molecule has 1 aromatic carbocycles. The quantitative estimate of drug-likeness (QED) is 0.381. The lowest BCUT2D eigenvalue weighted by atomic mass is 10.1. The van der Waals surface area contributed by atoms with Gasteiger partial charge >= 0.3 is 0 Å². The maximum atomic E-state index is 2.31. The molecule has 0 fully saturated rings. The van der Waals surface area contributed by atoms with E-state index in [2.05, 4.69) is 73.7 Å². The van der Waals surface area contributed by atoms with Crippen LogP contribution in [0.15, 0.2) is 66.7 Å². The van der Waals surface area contributed by atoms with Gasteiger partial charge in [0.05, 0.1) is 0 Å². The number of unbranched alkanes of at least 4 members (excludes halogenated alkanes) is 5. The van der Waals surface area contributed by atoms with Crippen molar-refractivity contribution < 1.29 is 0 Å². The summed E-state index contributed by atoms with van der Waals surface area (Å²) >= 11 is 0. The zero-order valence-corrected chi connectivity index (χ0v) is 14.8. The van der Waals surface area contributed by atoms with Gasteiger partial charge < -0.3 is 0 Å². The molecule has 0 nitrogen and oxygen atoms in total. The predicted molar refractivity (Wildman–Crippen MR) is 106 cm³/mol. The third-order valence-corrected chi connectivity index (χ3v) is 4.84. The summed E-state index contributed by atoms with van der Waals surface area (Å²) in [5, 5.41) is 0. The molecule has 0 N–H and O–H groups in total. The Morgan fingerprint density at radius 2 is 1.17 bits per heavy atom. The van der Waals surface area contributed by atoms with Crippen molar-refractivity contribution in [2.24, 2.45) is 0 Å². The van der Waals surface area contributed by atoms with Crippen LogP contribution in [0, 0.1) is 0 Å². The van der Waals surface area contributed by atoms with E-state index in [1.165, 1.54) is 72.8 Å². The summed E-state index contributed by atoms with van der Waals surface area (Å²) in [4.78, 5) is 0. The van der Waals surface area contributed by atoms with Crippen LogP contribution in [0.3, 0.4) is 0 Å². The molecule has 124 valence electrons. The van der Waals surface area contributed by atoms with Crippen molar-refractivity contribution in [2.45, 2.75) is 51.9 Å². The number of hydrogen-bond acceptors (Lipinski definition) is 0. The molecule has 0 spiro atoms. The smallest absolute Gasteiger partial charge is 0.0172 e. The molecule has 0 bridgehead atoms. The minimum atomic E-state index is 1.20. The molecule has 1 aromatic rings. The Kier molecular flexibility index (Phi) is 6.07. The Bertz CT molecular complexity index is 678. The summed E-state index contributed by atoms with van der Waals surface area (Å²) in [6.07, 6.45) is 9.38. The number of benzene rings is 1. The standard InChI is InChI=1S/C24H28/c1-2-3-4-5-6-8-11-20-14-16-22-18-24(19-23(22)17-15-20)21-12-9-7-10-13-21/h7,9-10,12-19H,2-6,8,11H2,1H3. The summed E-state index contributed by atoms with van der Waals surface area (Å²) in [5.74, 6) is 0. The van der Waals surface area contributed by atoms with Gasteiger partial charge in [0.15, 0.2) is 0 Å². The second kappa shape index (κ2) is 8.68. The van der Waals surface area contributed by atoms with E-state index in [0.29, 0.717) is 0 Å². The fraction of sp³-hybridized carbons (Fsp3) is 0.333. The Labute approximate surface area is 146 Å². The Hall–Kier alpha value is -2.08. The average molecular weight is 316 g/mol. The van der Waals surface area contributed by atoms with E-state index in [-0.39, 0.29) is 0 Å². The van der Waals surface area contributed by atoms with Gasteiger partial charge in [-0.2, -0.15) is 0 Å². The van der Waals surface area contributed by atoms with Gasteiger partial charge in [-0.3, -0.25) is 0 Å². The number of rotatable bonds is 8. The molecule has 0 saturated carbocycles. The summed E-state index contributed by atoms with van der Waals surface area (Å²) in [6.45, 7) is 2.28. The van der Waals surface area contributed by atoms with Crippen LogP contribution in [-0.4, -0.2) is 0 Å². The van der Waals surface area contributed by atoms with Crippen molar-refractivity contribution in [3.63, 3.8) is 0 Å². The minimum absolute atomic E-state index is 1.20. The topological polar surface area (TPSA) is 0 Å². The monoisotopic (exact) mass is 316 g/mol. The molecule has 0 amide bonds. The lowest BCUT2D eigenvalue weighted by Crippen LogP contribution is -1.84. The first-order valence-electron chi connectivity index (χ1n) is 9.45. The van der Waals surface area contributed by atoms with E-state index in [0.717, 1.165) is 0 Å². The van der Waals surface area contributed by atoms with Crippen LogP contribution < -0.4 is 0 Å². The average Bonchev–Trinajstić information content (AvgIpc) is 2.94. The molecule has 0 heterocycles. The van der Waals surface area contributed by atoms with Gasteiger partial charge in [-0.25, -0.2) is 0 Å². The van der Waals surface area contributed by atoms with E-state index in [1.807, 2.05) is 0 Å². The number of hydrogen-bond donors (Lipinski definition) is 0. The van der Waals surface area contributed by atoms with E-state index in [1.54, 1.807) is 0 Å². The molecule has 0 saturated heterocycles. The van der Waals surface area contributed by atoms with Crippen LogP contribution in [0.5, 0.6) is 0 Å². The molecule has 0 unspecified atom stereocenters. The molecule has 0 radical (unpaired) electrons. The van der Waals surface area contributed by atoms with Crippen molar-refractivity contribution in [1.29, 1.82) is 0 Å². The summed E-state index contributed by atoms with van der Waals surface area (Å²) < 4.78 is 0. The largest absolute Gasteiger partial charge is 0.0654 e. The molecule has 0 heteroatoms. The third-order valence-electron chi connectivity index (χ3n) is 4.84. The molecular weight excluding hydrogens is 288 g/mol. The SMILES string of the molecule is CCCCCCCCc1ccc2cc(-c3ccccc3)cc-2cc1. The maximum Gasteiger partial charge on any atom is -0.0172 e. The first kappa shape index (κ1) is 16.8. The highest BCUT2D eigenvalue weighted by Gasteiger charge is 2.06. The van der Waals surface area contributed by atoms with E-state index >= 15 is 0 Å². The molecule has 3 rings (SSSR count). The molecule has 0 aliphatic heterocycles. The lowest BCUT2D eigenvalue weighted by Gasteiger charge is -2.00. The molecule has 2 aliphatic rings. The Morgan fingerprint density at radius 1 is 0.542 bits per heavy atom. The van der Waals surface area contributed by atoms with Gasteiger partial charge in [0, 0.05) is 0 Å². The lowest BCUT2D eigenvalue weighted by molar-refractivity contribution is 0.607. The second-order valence-electron chi connectivity index (χ2n) is 6.78. The zero-order chi connectivity index (χ0) is 16.6. The third kappa shape index (κ3) is 4.47. The van der Waals surface area contributed by atoms with Crippen molar-refractivity contribution in [3.8, 4) is 22.3 Å². The van der Waals surface area contributed by atoms with Crippen molar-refractivity contribution in [3.05, 3.63) is 72.3 Å². The molecule has 0 atom stereocenters. The van der Waals surface area contributed by atoms with Gasteiger partial charge in [0.2, 0.25) is 0 Å². The van der Waals surface area contributed by atoms with Crippen molar-refractivity contribution >= 4 is 0 Å². The normalized spacial score (nSPS) is 11.0. The van der Waals surface area contributed by atoms with Crippen LogP contribution in [-0.2, 0) is 6.42 Å². The number of fused-ring (bicyclic) bond motifs is 1. The van der Waals surface area contributed by atoms with Gasteiger partial charge in [-0.15, -0.1) is 0 Å². The fourth-order valence-corrected chi connectivity index (χ4v) is 3.35. The zero-order valence-electron chi connectivity index (χ0n) is 14.8. The highest BCUT2D eigenvalue weighted by atomic mass is 14.1. The summed E-state index contributed by atoms with van der Waals surface area (Å²) in [7, 11) is 0. The van der Waals surface area contributed by atoms with Crippen LogP contribution >= 0.6 is 0 Å². The maximum absolute atomic E-state index is 2.31. The van der Waals surface area contributed by atoms with E-state index < -0.39 is 0 Å². The fourth-order valence-electron chi connectivity index (χ4n) is 3.35. The van der Waals surface area contributed by atoms with Crippen LogP contribution in [0.2, 0.25) is 0 Å². The summed E-state index contributed by atoms with van der Waals surface area (Å²) in [5.41, 5.74) is 6.74. The Balaban J connectivity index is 1.64. The van der Waals surface area contributed by atoms with Gasteiger partial charge in [0.25, 0.3) is 0 Å². The number of aryl methyl sites for hydroxylation is 1. The molecule has 24 heavy (non-hydrogen) atoms. The van der Waals surface area contributed by atoms with Crippen LogP contribution in [0.25, 0.3) is 22.3 Å². The minimum Gasteiger partial charge on any atom is -0.0654 e. The summed E-state index contributed by atoms with van der Waals surface area (Å²) in [6, 6.07) is 24.4.